The maximum atomic E-state index is 13.7. The van der Waals surface area contributed by atoms with Crippen LogP contribution < -0.4 is 24.9 Å². The van der Waals surface area contributed by atoms with Gasteiger partial charge in [-0.3, -0.25) is 32.3 Å². The number of nitrogens with one attached hydrogen (secondary N) is 2. The maximum Gasteiger partial charge on any atom is 0.411 e. The van der Waals surface area contributed by atoms with Crippen molar-refractivity contribution in [1.29, 1.82) is 0 Å². The molecule has 0 fully saturated rings. The molecule has 0 bridgehead atoms. The van der Waals surface area contributed by atoms with Crippen molar-refractivity contribution in [3.63, 3.8) is 0 Å². The van der Waals surface area contributed by atoms with E-state index in [0.29, 0.717) is 71.7 Å². The zero-order chi connectivity index (χ0) is 53.9. The summed E-state index contributed by atoms with van der Waals surface area (Å²) in [5, 5.41) is 25.2. The van der Waals surface area contributed by atoms with E-state index in [1.165, 1.54) is 0 Å². The fourth-order valence-corrected chi connectivity index (χ4v) is 6.17. The van der Waals surface area contributed by atoms with Gasteiger partial charge >= 0.3 is 24.4 Å². The second-order valence-electron chi connectivity index (χ2n) is 16.1. The number of alkyl carbamates (subject to hydrolysis) is 1. The van der Waals surface area contributed by atoms with E-state index in [9.17, 15) is 68.2 Å². The molecule has 73 heavy (non-hydrogen) atoms. The number of aryl methyl sites for hydroxylation is 2. The van der Waals surface area contributed by atoms with Crippen molar-refractivity contribution in [2.45, 2.75) is 58.5 Å². The number of amides is 2. The first-order valence-electron chi connectivity index (χ1n) is 20.7. The average Bonchev–Trinajstić information content (AvgIpc) is 3.26. The third kappa shape index (κ3) is 17.6. The molecule has 0 saturated heterocycles. The number of hydrogen-bond acceptors (Lipinski definition) is 8. The molecule has 0 aliphatic heterocycles. The van der Waals surface area contributed by atoms with E-state index < -0.39 is 92.6 Å². The van der Waals surface area contributed by atoms with Crippen molar-refractivity contribution in [3.05, 3.63) is 168 Å². The number of alkyl halides is 6. The van der Waals surface area contributed by atoms with Crippen molar-refractivity contribution in [1.82, 2.24) is 20.6 Å². The van der Waals surface area contributed by atoms with Gasteiger partial charge in [-0.15, -0.1) is 24.3 Å². The number of ether oxygens (including phenoxy) is 1. The van der Waals surface area contributed by atoms with Crippen LogP contribution >= 0.6 is 0 Å². The van der Waals surface area contributed by atoms with Crippen molar-refractivity contribution in [2.75, 3.05) is 13.1 Å². The molecule has 0 aliphatic rings. The van der Waals surface area contributed by atoms with Gasteiger partial charge in [0.25, 0.3) is 0 Å². The van der Waals surface area contributed by atoms with Crippen LogP contribution in [0, 0.1) is 56.4 Å². The monoisotopic (exact) mass is 1210 g/mol. The number of carboxylic acids is 2. The van der Waals surface area contributed by atoms with Crippen molar-refractivity contribution < 1.29 is 107 Å². The average molecular weight is 1210 g/mol. The number of aromatic nitrogens is 4. The SMILES string of the molecule is Cc1ccnc(-c2cc(CCC(=O)NCCNC(=O)OC(C)(C)C)ccn2)c1.[CH2-][n+]1cc(C(F)(F)F)c(C(=O)O)cc1-c1[c-]cc(F)cc1F.[CH2-][n+]1cc(C(F)(F)F)c(C(=O)[O-])cc1-c1[c-]cc(F)cc1F.[Ir]. The zero-order valence-electron chi connectivity index (χ0n) is 38.6. The predicted molar refractivity (Wildman–Crippen MR) is 232 cm³/mol. The molecule has 24 heteroatoms. The molecule has 13 nitrogen and oxygen atoms in total. The third-order valence-electron chi connectivity index (χ3n) is 9.38. The van der Waals surface area contributed by atoms with Gasteiger partial charge in [0.15, 0.2) is 0 Å². The van der Waals surface area contributed by atoms with Gasteiger partial charge in [0.2, 0.25) is 5.91 Å². The largest absolute Gasteiger partial charge is 0.545 e. The summed E-state index contributed by atoms with van der Waals surface area (Å²) in [4.78, 5) is 54.2. The smallest absolute Gasteiger partial charge is 0.411 e. The van der Waals surface area contributed by atoms with Gasteiger partial charge in [-0.2, -0.15) is 26.3 Å². The van der Waals surface area contributed by atoms with Crippen LogP contribution in [0.3, 0.4) is 0 Å². The number of carbonyl (C=O) groups is 4. The number of rotatable bonds is 11. The van der Waals surface area contributed by atoms with E-state index in [-0.39, 0.29) is 37.4 Å². The minimum atomic E-state index is -4.96. The van der Waals surface area contributed by atoms with E-state index in [2.05, 4.69) is 46.8 Å². The van der Waals surface area contributed by atoms with Crippen LogP contribution in [0.25, 0.3) is 33.9 Å². The Morgan fingerprint density at radius 2 is 1.19 bits per heavy atom. The maximum absolute atomic E-state index is 13.7. The van der Waals surface area contributed by atoms with Crippen molar-refractivity contribution >= 4 is 23.9 Å². The Hall–Kier alpha value is -7.59. The topological polar surface area (TPSA) is 178 Å². The fourth-order valence-electron chi connectivity index (χ4n) is 6.17. The molecule has 3 N–H and O–H groups in total. The third-order valence-corrected chi connectivity index (χ3v) is 9.38. The molecule has 2 amide bonds. The minimum absolute atomic E-state index is 0. The molecule has 6 aromatic rings. The van der Waals surface area contributed by atoms with Crippen LogP contribution in [0.1, 0.15) is 70.2 Å². The van der Waals surface area contributed by atoms with Gasteiger partial charge in [0.05, 0.1) is 46.4 Å². The predicted octanol–water partition coefficient (Wildman–Crippen LogP) is 7.84. The van der Waals surface area contributed by atoms with Crippen molar-refractivity contribution in [3.8, 4) is 33.9 Å². The van der Waals surface area contributed by atoms with Crippen molar-refractivity contribution in [2.24, 2.45) is 0 Å². The Kier molecular flexibility index (Phi) is 20.6. The summed E-state index contributed by atoms with van der Waals surface area (Å²) in [7, 11) is 6.54. The number of carboxylic acid groups (broad SMARTS) is 2. The molecule has 391 valence electrons. The molecule has 6 rings (SSSR count). The first-order valence-corrected chi connectivity index (χ1v) is 20.7. The van der Waals surface area contributed by atoms with Crippen LogP contribution in [-0.4, -0.2) is 57.7 Å². The number of pyridine rings is 4. The second kappa shape index (κ2) is 25.2. The number of carbonyl (C=O) groups excluding carboxylic acids is 3. The first-order chi connectivity index (χ1) is 33.4. The fraction of sp³-hybridized carbons (Fsp3) is 0.224. The van der Waals surface area contributed by atoms with Gasteiger partial charge in [0, 0.05) is 94.9 Å². The first kappa shape index (κ1) is 59.7. The zero-order valence-corrected chi connectivity index (χ0v) is 41.0. The molecule has 0 saturated carbocycles. The van der Waals surface area contributed by atoms with E-state index in [1.807, 2.05) is 31.2 Å². The quantitative estimate of drug-likeness (QED) is 0.0505. The molecule has 2 aromatic carbocycles. The number of benzene rings is 2. The van der Waals surface area contributed by atoms with Crippen LogP contribution in [0.2, 0.25) is 0 Å². The molecule has 1 radical (unpaired) electrons. The Bertz CT molecular complexity index is 2840. The Morgan fingerprint density at radius 1 is 0.726 bits per heavy atom. The molecule has 4 heterocycles. The van der Waals surface area contributed by atoms with Gasteiger partial charge in [-0.25, -0.2) is 9.59 Å². The summed E-state index contributed by atoms with van der Waals surface area (Å²) in [6, 6.07) is 15.9. The second-order valence-corrected chi connectivity index (χ2v) is 16.1. The van der Waals surface area contributed by atoms with E-state index in [1.54, 1.807) is 33.2 Å². The molecular weight excluding hydrogens is 1170 g/mol. The van der Waals surface area contributed by atoms with Gasteiger partial charge in [0.1, 0.15) is 17.0 Å². The minimum Gasteiger partial charge on any atom is -0.545 e. The van der Waals surface area contributed by atoms with Crippen LogP contribution in [-0.2, 0) is 48.4 Å². The van der Waals surface area contributed by atoms with Gasteiger partial charge < -0.3 is 39.5 Å². The Labute approximate surface area is 424 Å². The number of halogens is 10. The summed E-state index contributed by atoms with van der Waals surface area (Å²) in [5.74, 6) is -8.09. The Balaban J connectivity index is 0.000000290. The summed E-state index contributed by atoms with van der Waals surface area (Å²) in [6.07, 6.45) is -5.10. The molecule has 0 spiro atoms. The van der Waals surface area contributed by atoms with E-state index in [4.69, 9.17) is 9.84 Å². The number of hydrogen-bond donors (Lipinski definition) is 3. The van der Waals surface area contributed by atoms with Crippen LogP contribution in [0.5, 0.6) is 0 Å². The molecule has 0 aliphatic carbocycles. The number of nitrogens with zero attached hydrogens (tertiary/aromatic N) is 4. The summed E-state index contributed by atoms with van der Waals surface area (Å²) < 4.78 is 136. The molecule has 0 unspecified atom stereocenters. The summed E-state index contributed by atoms with van der Waals surface area (Å²) >= 11 is 0. The molecule has 4 aromatic heterocycles. The van der Waals surface area contributed by atoms with Crippen LogP contribution in [0.4, 0.5) is 48.7 Å². The van der Waals surface area contributed by atoms with E-state index >= 15 is 0 Å². The molecule has 0 atom stereocenters. The van der Waals surface area contributed by atoms with Crippen LogP contribution in [0.15, 0.2) is 85.5 Å². The summed E-state index contributed by atoms with van der Waals surface area (Å²) in [5.41, 5.74) is -3.39. The normalized spacial score (nSPS) is 11.2. The number of aromatic carboxylic acids is 2. The van der Waals surface area contributed by atoms with Gasteiger partial charge in [-0.05, 0) is 92.8 Å². The standard InChI is InChI=1S/C21H28N4O3.2C14H7F5NO2.Ir/c1-15-7-9-22-17(13-15)18-14-16(8-10-23-18)5-6-19(26)24-11-12-25-20(27)28-21(2,3)4;2*1-20-6-10(14(17,18)19)9(13(21)22)5-12(20)8-3-2-7(15)4-11(8)16;/h7-10,13-14H,5-6,11-12H2,1-4H3,(H,24,26)(H,25,27);2*2,4-6H,1H2,(H,21,22);/q;2*-1;/p-1. The van der Waals surface area contributed by atoms with E-state index in [0.717, 1.165) is 34.6 Å². The molecular formula is C49H41F10IrN6O7-3. The van der Waals surface area contributed by atoms with Gasteiger partial charge in [-0.1, -0.05) is 12.1 Å². The summed E-state index contributed by atoms with van der Waals surface area (Å²) in [6.45, 7) is 8.08. The Morgan fingerprint density at radius 3 is 1.64 bits per heavy atom.